The number of hydrogen-bond donors (Lipinski definition) is 1. The predicted molar refractivity (Wildman–Crippen MR) is 45.5 cm³/mol. The summed E-state index contributed by atoms with van der Waals surface area (Å²) in [5.41, 5.74) is 5.01. The van der Waals surface area contributed by atoms with Gasteiger partial charge >= 0.3 is 69.2 Å². The monoisotopic (exact) mass is 271 g/mol. The van der Waals surface area contributed by atoms with Crippen LogP contribution in [0.4, 0.5) is 11.9 Å². The Bertz CT molecular complexity index is 490. The van der Waals surface area contributed by atoms with Crippen LogP contribution in [-0.4, -0.2) is 35.5 Å². The molecule has 1 aromatic rings. The van der Waals surface area contributed by atoms with Crippen molar-refractivity contribution >= 4 is 17.9 Å². The minimum Gasteiger partial charge on any atom is -0.674 e. The van der Waals surface area contributed by atoms with Gasteiger partial charge in [0.15, 0.2) is 5.10 Å². The summed E-state index contributed by atoms with van der Waals surface area (Å²) in [5, 5.41) is 44.0. The van der Waals surface area contributed by atoms with Crippen molar-refractivity contribution in [1.29, 1.82) is 0 Å². The van der Waals surface area contributed by atoms with Crippen LogP contribution < -0.4 is 57.1 Å². The van der Waals surface area contributed by atoms with Crippen molar-refractivity contribution in [3.8, 4) is 0 Å². The molecule has 0 amide bonds. The number of aromatic nitrogens is 3. The fourth-order valence-corrected chi connectivity index (χ4v) is 0.759. The third kappa shape index (κ3) is 3.30. The molecule has 14 heteroatoms. The molecule has 0 fully saturated rings. The zero-order valence-electron chi connectivity index (χ0n) is 8.21. The van der Waals surface area contributed by atoms with Gasteiger partial charge in [0.1, 0.15) is 4.68 Å². The van der Waals surface area contributed by atoms with Gasteiger partial charge in [-0.2, -0.15) is 4.90 Å². The Morgan fingerprint density at radius 1 is 1.24 bits per heavy atom. The molecule has 17 heavy (non-hydrogen) atoms. The average Bonchev–Trinajstić information content (AvgIpc) is 2.47. The number of rotatable bonds is 1. The molecule has 1 aromatic heterocycles. The molecule has 0 aliphatic heterocycles. The Balaban J connectivity index is 0.00000256. The number of nitrogens with two attached hydrogens (primary N) is 1. The van der Waals surface area contributed by atoms with Crippen LogP contribution in [0.25, 0.3) is 0 Å². The van der Waals surface area contributed by atoms with Gasteiger partial charge in [0.25, 0.3) is 0 Å². The molecule has 0 aromatic carbocycles. The van der Waals surface area contributed by atoms with Gasteiger partial charge in [-0.1, -0.05) is 0 Å². The van der Waals surface area contributed by atoms with Crippen LogP contribution >= 0.6 is 0 Å². The summed E-state index contributed by atoms with van der Waals surface area (Å²) in [5.74, 6) is -3.54. The Morgan fingerprint density at radius 2 is 1.76 bits per heavy atom. The van der Waals surface area contributed by atoms with E-state index in [1.807, 2.05) is 0 Å². The molecule has 0 bridgehead atoms. The van der Waals surface area contributed by atoms with Crippen LogP contribution in [0.3, 0.4) is 0 Å². The first-order chi connectivity index (χ1) is 7.34. The molecule has 0 saturated carbocycles. The first-order valence-corrected chi connectivity index (χ1v) is 3.37. The third-order valence-electron chi connectivity index (χ3n) is 1.30. The van der Waals surface area contributed by atoms with Gasteiger partial charge in [-0.15, -0.1) is 0 Å². The summed E-state index contributed by atoms with van der Waals surface area (Å²) in [6, 6.07) is 0. The largest absolute Gasteiger partial charge is 1.00 e. The molecule has 0 saturated heterocycles. The maximum atomic E-state index is 10.3. The summed E-state index contributed by atoms with van der Waals surface area (Å²) in [6.07, 6.45) is 0. The summed E-state index contributed by atoms with van der Waals surface area (Å²) in [6.45, 7) is 0. The Morgan fingerprint density at radius 3 is 2.06 bits per heavy atom. The Hall–Kier alpha value is -1.35. The van der Waals surface area contributed by atoms with Crippen molar-refractivity contribution in [1.82, 2.24) is 14.8 Å². The van der Waals surface area contributed by atoms with E-state index < -0.39 is 32.6 Å². The van der Waals surface area contributed by atoms with Crippen molar-refractivity contribution in [3.63, 3.8) is 0 Å². The van der Waals surface area contributed by atoms with E-state index in [4.69, 9.17) is 5.73 Å². The summed E-state index contributed by atoms with van der Waals surface area (Å²) < 4.78 is -0.0296. The quantitative estimate of drug-likeness (QED) is 0.130. The standard InChI is InChI=1S/C3H2N7O6.K/c4-1-5-2(8(11)12)6-7(1)3(9(13)14)10(15)16;/h(H2-,4,5,6,13,14);/q-1;+1. The van der Waals surface area contributed by atoms with E-state index in [0.717, 1.165) is 0 Å². The van der Waals surface area contributed by atoms with E-state index in [0.29, 0.717) is 0 Å². The molecule has 0 aliphatic carbocycles. The van der Waals surface area contributed by atoms with E-state index in [-0.39, 0.29) is 56.1 Å². The van der Waals surface area contributed by atoms with Gasteiger partial charge in [0, 0.05) is 4.98 Å². The molecule has 0 spiro atoms. The minimum absolute atomic E-state index is 0. The van der Waals surface area contributed by atoms with E-state index in [2.05, 4.69) is 10.1 Å². The molecule has 0 unspecified atom stereocenters. The van der Waals surface area contributed by atoms with Gasteiger partial charge in [-0.3, -0.25) is 0 Å². The van der Waals surface area contributed by atoms with Crippen LogP contribution in [0, 0.1) is 30.6 Å². The third-order valence-corrected chi connectivity index (χ3v) is 1.30. The van der Waals surface area contributed by atoms with Crippen LogP contribution in [-0.2, 0) is 0 Å². The predicted octanol–water partition coefficient (Wildman–Crippen LogP) is -4.74. The Kier molecular flexibility index (Phi) is 5.36. The van der Waals surface area contributed by atoms with E-state index >= 15 is 0 Å². The number of anilines is 1. The zero-order valence-corrected chi connectivity index (χ0v) is 11.3. The number of nitrogens with zero attached hydrogens (tertiary/aromatic N) is 6. The van der Waals surface area contributed by atoms with Crippen molar-refractivity contribution in [3.05, 3.63) is 30.6 Å². The van der Waals surface area contributed by atoms with Crippen molar-refractivity contribution in [2.24, 2.45) is 0 Å². The fourth-order valence-electron chi connectivity index (χ4n) is 0.759. The normalized spacial score (nSPS) is 9.18. The Labute approximate surface area is 134 Å². The van der Waals surface area contributed by atoms with Gasteiger partial charge in [-0.25, -0.2) is 0 Å². The topological polar surface area (TPSA) is 192 Å². The molecule has 0 aliphatic rings. The average molecular weight is 271 g/mol. The summed E-state index contributed by atoms with van der Waals surface area (Å²) >= 11 is 0. The molecule has 0 atom stereocenters. The van der Waals surface area contributed by atoms with Crippen molar-refractivity contribution in [2.75, 3.05) is 5.73 Å². The smallest absolute Gasteiger partial charge is 0.674 e. The maximum absolute atomic E-state index is 10.3. The van der Waals surface area contributed by atoms with Gasteiger partial charge in [0.05, 0.1) is 4.92 Å². The molecule has 13 nitrogen and oxygen atoms in total. The number of nitro groups is 2. The van der Waals surface area contributed by atoms with E-state index in [1.165, 1.54) is 0 Å². The first kappa shape index (κ1) is 15.6. The second-order valence-corrected chi connectivity index (χ2v) is 2.25. The van der Waals surface area contributed by atoms with Crippen LogP contribution in [0.5, 0.6) is 0 Å². The second-order valence-electron chi connectivity index (χ2n) is 2.25. The van der Waals surface area contributed by atoms with Gasteiger partial charge in [0.2, 0.25) is 0 Å². The number of nitrogen functional groups attached to an aromatic ring is 1. The zero-order chi connectivity index (χ0) is 12.5. The molecule has 0 radical (unpaired) electrons. The molecule has 2 N–H and O–H groups in total. The second kappa shape index (κ2) is 5.82. The SMILES string of the molecule is Nc1nc([N+](=O)[O-])nn1C([N+](=O)[O-])=[N+]([O-])[O-].[K+]. The minimum atomic E-state index is -1.64. The summed E-state index contributed by atoms with van der Waals surface area (Å²) in [4.78, 5) is 19.6. The van der Waals surface area contributed by atoms with Gasteiger partial charge < -0.3 is 36.4 Å². The maximum Gasteiger partial charge on any atom is 1.00 e. The molecule has 86 valence electrons. The first-order valence-electron chi connectivity index (χ1n) is 3.37. The van der Waals surface area contributed by atoms with Gasteiger partial charge in [-0.05, 0) is 4.92 Å². The van der Waals surface area contributed by atoms with Crippen LogP contribution in [0.2, 0.25) is 0 Å². The van der Waals surface area contributed by atoms with Crippen molar-refractivity contribution in [2.45, 2.75) is 0 Å². The van der Waals surface area contributed by atoms with Crippen LogP contribution in [0.15, 0.2) is 0 Å². The molecular formula is C3H2KN7O6. The van der Waals surface area contributed by atoms with E-state index in [9.17, 15) is 30.6 Å². The van der Waals surface area contributed by atoms with Crippen molar-refractivity contribution < 1.29 is 66.1 Å². The van der Waals surface area contributed by atoms with Crippen LogP contribution in [0.1, 0.15) is 0 Å². The molecular weight excluding hydrogens is 269 g/mol. The molecule has 1 heterocycles. The number of hydrogen-bond acceptors (Lipinski definition) is 9. The fraction of sp³-hybridized carbons (Fsp3) is 0. The molecule has 1 rings (SSSR count). The van der Waals surface area contributed by atoms with E-state index in [1.54, 1.807) is 0 Å². The summed E-state index contributed by atoms with van der Waals surface area (Å²) in [7, 11) is 0.